The first-order valence-electron chi connectivity index (χ1n) is 9.20. The Balaban J connectivity index is 1.73. The fourth-order valence-electron chi connectivity index (χ4n) is 3.82. The summed E-state index contributed by atoms with van der Waals surface area (Å²) in [5, 5.41) is 8.55. The molecule has 1 aliphatic rings. The van der Waals surface area contributed by atoms with Crippen molar-refractivity contribution in [1.82, 2.24) is 5.16 Å². The Bertz CT molecular complexity index is 1210. The number of hydrogen-bond acceptors (Lipinski definition) is 5. The molecule has 0 radical (unpaired) electrons. The predicted octanol–water partition coefficient (Wildman–Crippen LogP) is 4.72. The third-order valence-corrected chi connectivity index (χ3v) is 5.19. The van der Waals surface area contributed by atoms with Crippen molar-refractivity contribution in [3.8, 4) is 11.3 Å². The summed E-state index contributed by atoms with van der Waals surface area (Å²) < 4.78 is 5.72. The summed E-state index contributed by atoms with van der Waals surface area (Å²) in [7, 11) is 3.93. The van der Waals surface area contributed by atoms with Gasteiger partial charge < -0.3 is 14.7 Å². The average molecular weight is 369 g/mol. The standard InChI is InChI=1S/C23H19N3O2/c1-26(2)18-12-17(24-13-14-8-4-3-5-9-14)19-20-21(18)25-28-23(20)16-11-7-6-10-15(16)22(19)27/h3-12,24H,13H2,1-2H3. The van der Waals surface area contributed by atoms with Crippen LogP contribution in [0.15, 0.2) is 65.2 Å². The van der Waals surface area contributed by atoms with Crippen LogP contribution >= 0.6 is 0 Å². The molecule has 5 heteroatoms. The summed E-state index contributed by atoms with van der Waals surface area (Å²) in [6, 6.07) is 19.7. The van der Waals surface area contributed by atoms with E-state index in [-0.39, 0.29) is 5.78 Å². The van der Waals surface area contributed by atoms with Crippen LogP contribution in [0.1, 0.15) is 21.5 Å². The highest BCUT2D eigenvalue weighted by molar-refractivity contribution is 6.28. The molecule has 3 aromatic carbocycles. The van der Waals surface area contributed by atoms with Crippen LogP contribution < -0.4 is 10.2 Å². The number of carbonyl (C=O) groups excluding carboxylic acids is 1. The van der Waals surface area contributed by atoms with Crippen molar-refractivity contribution in [3.05, 3.63) is 77.4 Å². The van der Waals surface area contributed by atoms with E-state index in [2.05, 4.69) is 22.6 Å². The van der Waals surface area contributed by atoms with Crippen LogP contribution in [0.25, 0.3) is 22.2 Å². The first-order chi connectivity index (χ1) is 13.6. The Kier molecular flexibility index (Phi) is 3.69. The zero-order valence-corrected chi connectivity index (χ0v) is 15.7. The molecule has 0 amide bonds. The third-order valence-electron chi connectivity index (χ3n) is 5.19. The van der Waals surface area contributed by atoms with Crippen molar-refractivity contribution >= 4 is 28.1 Å². The lowest BCUT2D eigenvalue weighted by atomic mass is 9.86. The molecule has 0 saturated carbocycles. The molecule has 1 heterocycles. The molecule has 28 heavy (non-hydrogen) atoms. The molecule has 4 aromatic rings. The molecule has 0 saturated heterocycles. The van der Waals surface area contributed by atoms with Crippen LogP contribution in [0.5, 0.6) is 0 Å². The molecule has 0 atom stereocenters. The number of benzene rings is 3. The van der Waals surface area contributed by atoms with Gasteiger partial charge in [-0.2, -0.15) is 0 Å². The first kappa shape index (κ1) is 16.6. The lowest BCUT2D eigenvalue weighted by Crippen LogP contribution is -2.15. The van der Waals surface area contributed by atoms with E-state index in [1.54, 1.807) is 0 Å². The minimum atomic E-state index is -0.00262. The van der Waals surface area contributed by atoms with Gasteiger partial charge in [-0.15, -0.1) is 0 Å². The Hall–Kier alpha value is -3.60. The van der Waals surface area contributed by atoms with Gasteiger partial charge in [-0.3, -0.25) is 4.79 Å². The molecule has 1 aromatic heterocycles. The van der Waals surface area contributed by atoms with Crippen molar-refractivity contribution in [2.75, 3.05) is 24.3 Å². The minimum Gasteiger partial charge on any atom is -0.380 e. The third kappa shape index (κ3) is 2.40. The molecule has 5 rings (SSSR count). The van der Waals surface area contributed by atoms with Crippen LogP contribution in [0.3, 0.4) is 0 Å². The quantitative estimate of drug-likeness (QED) is 0.497. The highest BCUT2D eigenvalue weighted by Gasteiger charge is 2.32. The van der Waals surface area contributed by atoms with Gasteiger partial charge in [0.1, 0.15) is 5.52 Å². The number of rotatable bonds is 4. The zero-order valence-electron chi connectivity index (χ0n) is 15.7. The number of nitrogens with zero attached hydrogens (tertiary/aromatic N) is 2. The summed E-state index contributed by atoms with van der Waals surface area (Å²) >= 11 is 0. The van der Waals surface area contributed by atoms with Gasteiger partial charge in [0.2, 0.25) is 0 Å². The Morgan fingerprint density at radius 3 is 2.46 bits per heavy atom. The molecule has 138 valence electrons. The number of carbonyl (C=O) groups is 1. The fraction of sp³-hybridized carbons (Fsp3) is 0.130. The molecule has 0 bridgehead atoms. The highest BCUT2D eigenvalue weighted by Crippen LogP contribution is 2.45. The van der Waals surface area contributed by atoms with Crippen molar-refractivity contribution in [1.29, 1.82) is 0 Å². The number of aromatic nitrogens is 1. The number of fused-ring (bicyclic) bond motifs is 2. The molecule has 0 fully saturated rings. The van der Waals surface area contributed by atoms with E-state index < -0.39 is 0 Å². The zero-order chi connectivity index (χ0) is 19.3. The van der Waals surface area contributed by atoms with Gasteiger partial charge in [-0.25, -0.2) is 0 Å². The van der Waals surface area contributed by atoms with Crippen LogP contribution in [0.2, 0.25) is 0 Å². The monoisotopic (exact) mass is 369 g/mol. The van der Waals surface area contributed by atoms with Gasteiger partial charge in [-0.05, 0) is 11.6 Å². The molecular formula is C23H19N3O2. The average Bonchev–Trinajstić information content (AvgIpc) is 3.16. The normalized spacial score (nSPS) is 12.1. The maximum atomic E-state index is 13.4. The van der Waals surface area contributed by atoms with Crippen LogP contribution in [0, 0.1) is 0 Å². The molecule has 0 aliphatic heterocycles. The largest absolute Gasteiger partial charge is 0.380 e. The summed E-state index contributed by atoms with van der Waals surface area (Å²) in [5.74, 6) is 0.656. The van der Waals surface area contributed by atoms with Crippen molar-refractivity contribution in [2.45, 2.75) is 6.54 Å². The van der Waals surface area contributed by atoms with E-state index in [0.29, 0.717) is 28.9 Å². The smallest absolute Gasteiger partial charge is 0.196 e. The topological polar surface area (TPSA) is 58.4 Å². The summed E-state index contributed by atoms with van der Waals surface area (Å²) in [5.41, 5.74) is 5.64. The van der Waals surface area contributed by atoms with Gasteiger partial charge >= 0.3 is 0 Å². The number of nitrogens with one attached hydrogen (secondary N) is 1. The summed E-state index contributed by atoms with van der Waals surface area (Å²) in [4.78, 5) is 15.4. The Morgan fingerprint density at radius 1 is 1.00 bits per heavy atom. The predicted molar refractivity (Wildman–Crippen MR) is 111 cm³/mol. The van der Waals surface area contributed by atoms with Crippen LogP contribution in [-0.2, 0) is 6.54 Å². The van der Waals surface area contributed by atoms with Gasteiger partial charge in [-0.1, -0.05) is 59.8 Å². The lowest BCUT2D eigenvalue weighted by Gasteiger charge is -2.21. The first-order valence-corrected chi connectivity index (χ1v) is 9.20. The van der Waals surface area contributed by atoms with Crippen molar-refractivity contribution < 1.29 is 9.32 Å². The van der Waals surface area contributed by atoms with E-state index in [1.807, 2.05) is 67.5 Å². The maximum Gasteiger partial charge on any atom is 0.196 e. The van der Waals surface area contributed by atoms with E-state index in [0.717, 1.165) is 27.9 Å². The SMILES string of the molecule is CN(C)c1cc(NCc2ccccc2)c2c3c(onc13)-c1ccccc1C2=O. The van der Waals surface area contributed by atoms with Crippen molar-refractivity contribution in [3.63, 3.8) is 0 Å². The van der Waals surface area contributed by atoms with Gasteiger partial charge in [0, 0.05) is 37.5 Å². The second kappa shape index (κ2) is 6.23. The minimum absolute atomic E-state index is 0.00262. The van der Waals surface area contributed by atoms with E-state index in [9.17, 15) is 4.79 Å². The molecule has 5 nitrogen and oxygen atoms in total. The lowest BCUT2D eigenvalue weighted by molar-refractivity contribution is 0.104. The van der Waals surface area contributed by atoms with Gasteiger partial charge in [0.15, 0.2) is 11.5 Å². The molecule has 1 aliphatic carbocycles. The summed E-state index contributed by atoms with van der Waals surface area (Å²) in [6.07, 6.45) is 0. The number of hydrogen-bond donors (Lipinski definition) is 1. The van der Waals surface area contributed by atoms with Gasteiger partial charge in [0.25, 0.3) is 0 Å². The molecule has 0 unspecified atom stereocenters. The number of anilines is 2. The Morgan fingerprint density at radius 2 is 1.71 bits per heavy atom. The van der Waals surface area contributed by atoms with Gasteiger partial charge in [0.05, 0.1) is 16.6 Å². The van der Waals surface area contributed by atoms with E-state index in [4.69, 9.17) is 4.52 Å². The number of ketones is 1. The van der Waals surface area contributed by atoms with Crippen LogP contribution in [0.4, 0.5) is 11.4 Å². The second-order valence-corrected chi connectivity index (χ2v) is 7.16. The second-order valence-electron chi connectivity index (χ2n) is 7.16. The highest BCUT2D eigenvalue weighted by atomic mass is 16.5. The summed E-state index contributed by atoms with van der Waals surface area (Å²) in [6.45, 7) is 0.627. The Labute approximate surface area is 162 Å². The van der Waals surface area contributed by atoms with E-state index in [1.165, 1.54) is 0 Å². The molecule has 0 spiro atoms. The van der Waals surface area contributed by atoms with E-state index >= 15 is 0 Å². The molecular weight excluding hydrogens is 350 g/mol. The molecule has 1 N–H and O–H groups in total. The maximum absolute atomic E-state index is 13.4. The van der Waals surface area contributed by atoms with Crippen molar-refractivity contribution in [2.24, 2.45) is 0 Å². The fourth-order valence-corrected chi connectivity index (χ4v) is 3.82. The van der Waals surface area contributed by atoms with Crippen LogP contribution in [-0.4, -0.2) is 25.0 Å².